The third-order valence-electron chi connectivity index (χ3n) is 1.48. The van der Waals surface area contributed by atoms with Gasteiger partial charge in [0.25, 0.3) is 0 Å². The van der Waals surface area contributed by atoms with Crippen LogP contribution in [0.4, 0.5) is 0 Å². The average Bonchev–Trinajstić information content (AvgIpc) is 2.11. The Morgan fingerprint density at radius 2 is 2.17 bits per heavy atom. The first-order valence-electron chi connectivity index (χ1n) is 4.06. The number of hydrogen-bond donors (Lipinski definition) is 0. The number of hydrogen-bond acceptors (Lipinski definition) is 1. The van der Waals surface area contributed by atoms with Crippen molar-refractivity contribution in [2.75, 3.05) is 7.05 Å². The first-order valence-corrected chi connectivity index (χ1v) is 4.06. The Morgan fingerprint density at radius 3 is 2.58 bits per heavy atom. The third kappa shape index (κ3) is 5.03. The van der Waals surface area contributed by atoms with Gasteiger partial charge in [0.1, 0.15) is 0 Å². The molecule has 0 fully saturated rings. The first kappa shape index (κ1) is 11.3. The van der Waals surface area contributed by atoms with Crippen LogP contribution in [-0.4, -0.2) is 26.6 Å². The zero-order valence-corrected chi connectivity index (χ0v) is 8.12. The fraction of sp³-hybridized carbons (Fsp3) is 0.333. The summed E-state index contributed by atoms with van der Waals surface area (Å²) in [5.74, 6) is 0. The van der Waals surface area contributed by atoms with E-state index in [1.807, 2.05) is 64.6 Å². The second kappa shape index (κ2) is 6.99. The zero-order chi connectivity index (χ0) is 9.40. The zero-order valence-electron chi connectivity index (χ0n) is 8.12. The van der Waals surface area contributed by atoms with Crippen LogP contribution >= 0.6 is 0 Å². The highest BCUT2D eigenvalue weighted by atomic mass is 14.9. The molecule has 0 aromatic rings. The lowest BCUT2D eigenvalue weighted by Crippen LogP contribution is -2.26. The van der Waals surface area contributed by atoms with E-state index in [1.165, 1.54) is 0 Å². The first-order chi connectivity index (χ1) is 5.74. The van der Waals surface area contributed by atoms with Crippen molar-refractivity contribution in [1.29, 1.82) is 0 Å². The van der Waals surface area contributed by atoms with Crippen LogP contribution in [0.2, 0.25) is 6.82 Å². The molecule has 0 aliphatic rings. The fourth-order valence-corrected chi connectivity index (χ4v) is 0.681. The predicted molar refractivity (Wildman–Crippen MR) is 58.2 cm³/mol. The summed E-state index contributed by atoms with van der Waals surface area (Å²) in [6, 6.07) is 0. The van der Waals surface area contributed by atoms with E-state index in [2.05, 4.69) is 6.58 Å². The standard InChI is InChI=1S/C9H15B2N/c1-5-7-8-9(6-2)11-12(4)10-3/h5-8H,2H2,1,3-4H3/b7-5-,9-8+. The lowest BCUT2D eigenvalue weighted by Gasteiger charge is -2.11. The van der Waals surface area contributed by atoms with Gasteiger partial charge in [-0.15, -0.1) is 0 Å². The molecule has 0 saturated heterocycles. The summed E-state index contributed by atoms with van der Waals surface area (Å²) in [4.78, 5) is 0. The summed E-state index contributed by atoms with van der Waals surface area (Å²) >= 11 is 0. The summed E-state index contributed by atoms with van der Waals surface area (Å²) in [6.45, 7) is 7.71. The molecule has 1 nitrogen and oxygen atoms in total. The van der Waals surface area contributed by atoms with Gasteiger partial charge in [0.15, 0.2) is 7.41 Å². The molecule has 0 spiro atoms. The van der Waals surface area contributed by atoms with Crippen LogP contribution < -0.4 is 0 Å². The molecular weight excluding hydrogens is 144 g/mol. The van der Waals surface area contributed by atoms with E-state index in [0.29, 0.717) is 0 Å². The lowest BCUT2D eigenvalue weighted by molar-refractivity contribution is 0.856. The van der Waals surface area contributed by atoms with Crippen molar-refractivity contribution in [3.05, 3.63) is 36.4 Å². The highest BCUT2D eigenvalue weighted by Gasteiger charge is 1.99. The van der Waals surface area contributed by atoms with E-state index in [-0.39, 0.29) is 0 Å². The van der Waals surface area contributed by atoms with Crippen LogP contribution in [0.5, 0.6) is 0 Å². The quantitative estimate of drug-likeness (QED) is 0.436. The fourth-order valence-electron chi connectivity index (χ4n) is 0.681. The van der Waals surface area contributed by atoms with Crippen molar-refractivity contribution < 1.29 is 0 Å². The monoisotopic (exact) mass is 159 g/mol. The van der Waals surface area contributed by atoms with Crippen LogP contribution in [-0.2, 0) is 0 Å². The maximum absolute atomic E-state index is 3.73. The lowest BCUT2D eigenvalue weighted by atomic mass is 9.72. The molecule has 12 heavy (non-hydrogen) atoms. The Hall–Kier alpha value is -0.690. The number of nitrogens with zero attached hydrogens (tertiary/aromatic N) is 1. The summed E-state index contributed by atoms with van der Waals surface area (Å²) in [5.41, 5.74) is 1.11. The Kier molecular flexibility index (Phi) is 6.58. The highest BCUT2D eigenvalue weighted by Crippen LogP contribution is 1.95. The molecule has 0 unspecified atom stereocenters. The molecule has 3 heteroatoms. The smallest absolute Gasteiger partial charge is 0.234 e. The minimum absolute atomic E-state index is 1.11. The van der Waals surface area contributed by atoms with Gasteiger partial charge in [-0.1, -0.05) is 43.2 Å². The van der Waals surface area contributed by atoms with Crippen LogP contribution in [0.1, 0.15) is 6.92 Å². The van der Waals surface area contributed by atoms with Gasteiger partial charge in [0.05, 0.1) is 0 Å². The summed E-state index contributed by atoms with van der Waals surface area (Å²) in [6.07, 6.45) is 7.84. The highest BCUT2D eigenvalue weighted by molar-refractivity contribution is 6.55. The van der Waals surface area contributed by atoms with E-state index in [1.54, 1.807) is 0 Å². The maximum atomic E-state index is 3.73. The van der Waals surface area contributed by atoms with Crippen molar-refractivity contribution in [2.24, 2.45) is 0 Å². The Bertz CT molecular complexity index is 185. The number of allylic oxidation sites excluding steroid dienone is 5. The molecular formula is C9H15B2N. The molecule has 0 saturated carbocycles. The van der Waals surface area contributed by atoms with Crippen molar-refractivity contribution in [3.8, 4) is 0 Å². The minimum atomic E-state index is 1.11. The van der Waals surface area contributed by atoms with E-state index in [0.717, 1.165) is 5.47 Å². The molecule has 0 aliphatic heterocycles. The second-order valence-corrected chi connectivity index (χ2v) is 2.45. The molecule has 0 bridgehead atoms. The molecule has 0 atom stereocenters. The molecule has 0 amide bonds. The molecule has 0 aliphatic carbocycles. The molecule has 0 N–H and O–H groups in total. The molecule has 62 valence electrons. The Labute approximate surface area is 77.4 Å². The topological polar surface area (TPSA) is 3.24 Å². The molecule has 0 rings (SSSR count). The third-order valence-corrected chi connectivity index (χ3v) is 1.48. The minimum Gasteiger partial charge on any atom is -0.392 e. The van der Waals surface area contributed by atoms with Crippen LogP contribution in [0, 0.1) is 0 Å². The van der Waals surface area contributed by atoms with Gasteiger partial charge in [0, 0.05) is 0 Å². The number of rotatable bonds is 5. The van der Waals surface area contributed by atoms with Crippen molar-refractivity contribution in [3.63, 3.8) is 0 Å². The Morgan fingerprint density at radius 1 is 1.50 bits per heavy atom. The van der Waals surface area contributed by atoms with Crippen LogP contribution in [0.15, 0.2) is 36.4 Å². The summed E-state index contributed by atoms with van der Waals surface area (Å²) in [7, 11) is 6.01. The average molecular weight is 159 g/mol. The van der Waals surface area contributed by atoms with Crippen LogP contribution in [0.3, 0.4) is 0 Å². The molecule has 0 aromatic heterocycles. The molecule has 0 heterocycles. The van der Waals surface area contributed by atoms with Gasteiger partial charge in [-0.25, -0.2) is 0 Å². The Balaban J connectivity index is 4.07. The van der Waals surface area contributed by atoms with Gasteiger partial charge in [-0.05, 0) is 14.0 Å². The van der Waals surface area contributed by atoms with Crippen LogP contribution in [0.25, 0.3) is 0 Å². The summed E-state index contributed by atoms with van der Waals surface area (Å²) in [5, 5.41) is 0. The van der Waals surface area contributed by atoms with E-state index < -0.39 is 0 Å². The van der Waals surface area contributed by atoms with Gasteiger partial charge < -0.3 is 4.72 Å². The SMILES string of the molecule is C=C/C([B]N(C)[B]C)=C\C=C/C. The second-order valence-electron chi connectivity index (χ2n) is 2.45. The van der Waals surface area contributed by atoms with Gasteiger partial charge in [-0.3, -0.25) is 0 Å². The normalized spacial score (nSPS) is 12.2. The van der Waals surface area contributed by atoms with E-state index >= 15 is 0 Å². The largest absolute Gasteiger partial charge is 0.392 e. The van der Waals surface area contributed by atoms with Crippen molar-refractivity contribution in [2.45, 2.75) is 13.7 Å². The van der Waals surface area contributed by atoms with E-state index in [9.17, 15) is 0 Å². The summed E-state index contributed by atoms with van der Waals surface area (Å²) < 4.78 is 2.00. The molecule has 0 aromatic carbocycles. The van der Waals surface area contributed by atoms with Gasteiger partial charge in [0.2, 0.25) is 7.41 Å². The predicted octanol–water partition coefficient (Wildman–Crippen LogP) is 1.85. The van der Waals surface area contributed by atoms with Crippen molar-refractivity contribution >= 4 is 14.8 Å². The molecule has 2 radical (unpaired) electrons. The van der Waals surface area contributed by atoms with Crippen molar-refractivity contribution in [1.82, 2.24) is 4.72 Å². The van der Waals surface area contributed by atoms with Gasteiger partial charge >= 0.3 is 0 Å². The maximum Gasteiger partial charge on any atom is 0.234 e. The van der Waals surface area contributed by atoms with Gasteiger partial charge in [-0.2, -0.15) is 0 Å². The van der Waals surface area contributed by atoms with E-state index in [4.69, 9.17) is 0 Å².